The number of aryl methyl sites for hydroxylation is 1. The standard InChI is InChI=1S/C16H23NO2/c1-16(2)10-8-12-6-4-5-7-13(12)15(16)17-11-9-14(18)19-3/h4-7,15,17H,8-11H2,1-3H3. The predicted octanol–water partition coefficient (Wildman–Crippen LogP) is 2.85. The third-order valence-corrected chi connectivity index (χ3v) is 4.09. The fraction of sp³-hybridized carbons (Fsp3) is 0.562. The predicted molar refractivity (Wildman–Crippen MR) is 75.9 cm³/mol. The average molecular weight is 261 g/mol. The highest BCUT2D eigenvalue weighted by atomic mass is 16.5. The summed E-state index contributed by atoms with van der Waals surface area (Å²) in [5.41, 5.74) is 3.02. The Morgan fingerprint density at radius 3 is 2.89 bits per heavy atom. The van der Waals surface area contributed by atoms with Crippen molar-refractivity contribution < 1.29 is 9.53 Å². The minimum Gasteiger partial charge on any atom is -0.469 e. The number of fused-ring (bicyclic) bond motifs is 1. The van der Waals surface area contributed by atoms with Crippen LogP contribution in [0.5, 0.6) is 0 Å². The molecule has 0 bridgehead atoms. The van der Waals surface area contributed by atoms with Crippen molar-refractivity contribution >= 4 is 5.97 Å². The smallest absolute Gasteiger partial charge is 0.306 e. The second-order valence-corrected chi connectivity index (χ2v) is 5.90. The molecular weight excluding hydrogens is 238 g/mol. The number of rotatable bonds is 4. The SMILES string of the molecule is COC(=O)CCNC1c2ccccc2CCC1(C)C. The van der Waals surface area contributed by atoms with Crippen LogP contribution in [0.25, 0.3) is 0 Å². The van der Waals surface area contributed by atoms with Crippen molar-refractivity contribution in [1.29, 1.82) is 0 Å². The van der Waals surface area contributed by atoms with Crippen LogP contribution in [0, 0.1) is 5.41 Å². The quantitative estimate of drug-likeness (QED) is 0.847. The highest BCUT2D eigenvalue weighted by molar-refractivity contribution is 5.69. The van der Waals surface area contributed by atoms with Crippen LogP contribution in [0.3, 0.4) is 0 Å². The molecule has 0 aromatic heterocycles. The van der Waals surface area contributed by atoms with Crippen molar-refractivity contribution in [3.05, 3.63) is 35.4 Å². The van der Waals surface area contributed by atoms with Gasteiger partial charge in [-0.3, -0.25) is 4.79 Å². The Morgan fingerprint density at radius 2 is 2.16 bits per heavy atom. The number of methoxy groups -OCH3 is 1. The zero-order valence-corrected chi connectivity index (χ0v) is 12.0. The van der Waals surface area contributed by atoms with Crippen molar-refractivity contribution in [3.63, 3.8) is 0 Å². The monoisotopic (exact) mass is 261 g/mol. The minimum absolute atomic E-state index is 0.158. The number of benzene rings is 1. The van der Waals surface area contributed by atoms with Crippen LogP contribution in [0.15, 0.2) is 24.3 Å². The second-order valence-electron chi connectivity index (χ2n) is 5.90. The molecule has 0 spiro atoms. The van der Waals surface area contributed by atoms with Gasteiger partial charge in [0, 0.05) is 12.6 Å². The molecule has 0 aliphatic heterocycles. The Morgan fingerprint density at radius 1 is 1.42 bits per heavy atom. The maximum atomic E-state index is 11.2. The molecule has 2 rings (SSSR count). The molecule has 3 nitrogen and oxygen atoms in total. The minimum atomic E-state index is -0.158. The van der Waals surface area contributed by atoms with Crippen LogP contribution < -0.4 is 5.32 Å². The van der Waals surface area contributed by atoms with Gasteiger partial charge in [-0.05, 0) is 29.4 Å². The number of nitrogens with one attached hydrogen (secondary N) is 1. The van der Waals surface area contributed by atoms with Crippen LogP contribution in [0.1, 0.15) is 43.9 Å². The van der Waals surface area contributed by atoms with E-state index >= 15 is 0 Å². The molecule has 1 N–H and O–H groups in total. The summed E-state index contributed by atoms with van der Waals surface area (Å²) in [4.78, 5) is 11.2. The number of ether oxygens (including phenoxy) is 1. The summed E-state index contributed by atoms with van der Waals surface area (Å²) in [6.07, 6.45) is 2.73. The van der Waals surface area contributed by atoms with Gasteiger partial charge in [-0.2, -0.15) is 0 Å². The normalized spacial score (nSPS) is 20.7. The van der Waals surface area contributed by atoms with E-state index in [1.54, 1.807) is 0 Å². The number of carbonyl (C=O) groups excluding carboxylic acids is 1. The van der Waals surface area contributed by atoms with Gasteiger partial charge in [0.25, 0.3) is 0 Å². The number of esters is 1. The topological polar surface area (TPSA) is 38.3 Å². The molecule has 104 valence electrons. The molecule has 3 heteroatoms. The van der Waals surface area contributed by atoms with Crippen LogP contribution >= 0.6 is 0 Å². The third kappa shape index (κ3) is 3.16. The fourth-order valence-corrected chi connectivity index (χ4v) is 2.87. The molecule has 0 heterocycles. The molecule has 0 amide bonds. The summed E-state index contributed by atoms with van der Waals surface area (Å²) < 4.78 is 4.68. The first-order chi connectivity index (χ1) is 9.04. The molecule has 1 aliphatic carbocycles. The molecule has 1 atom stereocenters. The Labute approximate surface area is 115 Å². The van der Waals surface area contributed by atoms with Crippen LogP contribution in [-0.4, -0.2) is 19.6 Å². The summed E-state index contributed by atoms with van der Waals surface area (Å²) in [6.45, 7) is 5.24. The summed E-state index contributed by atoms with van der Waals surface area (Å²) >= 11 is 0. The Hall–Kier alpha value is -1.35. The number of carbonyl (C=O) groups is 1. The van der Waals surface area contributed by atoms with E-state index in [0.717, 1.165) is 6.42 Å². The number of hydrogen-bond acceptors (Lipinski definition) is 3. The summed E-state index contributed by atoms with van der Waals surface area (Å²) in [5, 5.41) is 3.53. The van der Waals surface area contributed by atoms with E-state index in [1.807, 2.05) is 0 Å². The molecule has 1 unspecified atom stereocenters. The first-order valence-corrected chi connectivity index (χ1v) is 6.92. The number of hydrogen-bond donors (Lipinski definition) is 1. The largest absolute Gasteiger partial charge is 0.469 e. The summed E-state index contributed by atoms with van der Waals surface area (Å²) in [7, 11) is 1.43. The Balaban J connectivity index is 2.10. The van der Waals surface area contributed by atoms with Gasteiger partial charge >= 0.3 is 5.97 Å². The Bertz CT molecular complexity index is 454. The van der Waals surface area contributed by atoms with Crippen molar-refractivity contribution in [2.24, 2.45) is 5.41 Å². The first kappa shape index (κ1) is 14.1. The lowest BCUT2D eigenvalue weighted by Crippen LogP contribution is -2.39. The maximum absolute atomic E-state index is 11.2. The molecule has 0 radical (unpaired) electrons. The van der Waals surface area contributed by atoms with Gasteiger partial charge in [-0.15, -0.1) is 0 Å². The highest BCUT2D eigenvalue weighted by Gasteiger charge is 2.35. The maximum Gasteiger partial charge on any atom is 0.306 e. The van der Waals surface area contributed by atoms with Gasteiger partial charge in [0.1, 0.15) is 0 Å². The molecule has 1 aromatic rings. The summed E-state index contributed by atoms with van der Waals surface area (Å²) in [6, 6.07) is 8.91. The zero-order chi connectivity index (χ0) is 13.9. The molecule has 1 aromatic carbocycles. The summed E-state index contributed by atoms with van der Waals surface area (Å²) in [5.74, 6) is -0.158. The molecule has 0 saturated carbocycles. The van der Waals surface area contributed by atoms with E-state index in [0.29, 0.717) is 19.0 Å². The van der Waals surface area contributed by atoms with Crippen molar-refractivity contribution in [3.8, 4) is 0 Å². The van der Waals surface area contributed by atoms with Gasteiger partial charge in [0.2, 0.25) is 0 Å². The van der Waals surface area contributed by atoms with Crippen molar-refractivity contribution in [1.82, 2.24) is 5.32 Å². The zero-order valence-electron chi connectivity index (χ0n) is 12.0. The lowest BCUT2D eigenvalue weighted by atomic mass is 9.70. The van der Waals surface area contributed by atoms with E-state index in [4.69, 9.17) is 0 Å². The van der Waals surface area contributed by atoms with E-state index in [-0.39, 0.29) is 11.4 Å². The van der Waals surface area contributed by atoms with Crippen LogP contribution in [0.2, 0.25) is 0 Å². The van der Waals surface area contributed by atoms with E-state index in [2.05, 4.69) is 48.2 Å². The van der Waals surface area contributed by atoms with Gasteiger partial charge in [-0.1, -0.05) is 38.1 Å². The molecule has 0 saturated heterocycles. The average Bonchev–Trinajstić information content (AvgIpc) is 2.41. The molecule has 19 heavy (non-hydrogen) atoms. The first-order valence-electron chi connectivity index (χ1n) is 6.92. The molecule has 1 aliphatic rings. The Kier molecular flexibility index (Phi) is 4.25. The second kappa shape index (κ2) is 5.74. The van der Waals surface area contributed by atoms with E-state index < -0.39 is 0 Å². The van der Waals surface area contributed by atoms with Crippen molar-refractivity contribution in [2.75, 3.05) is 13.7 Å². The van der Waals surface area contributed by atoms with Gasteiger partial charge in [0.15, 0.2) is 0 Å². The van der Waals surface area contributed by atoms with Gasteiger partial charge in [0.05, 0.1) is 13.5 Å². The molecular formula is C16H23NO2. The lowest BCUT2D eigenvalue weighted by Gasteiger charge is -2.40. The molecule has 0 fully saturated rings. The van der Waals surface area contributed by atoms with Gasteiger partial charge in [-0.25, -0.2) is 0 Å². The lowest BCUT2D eigenvalue weighted by molar-refractivity contribution is -0.140. The van der Waals surface area contributed by atoms with Crippen LogP contribution in [0.4, 0.5) is 0 Å². The van der Waals surface area contributed by atoms with E-state index in [1.165, 1.54) is 24.7 Å². The van der Waals surface area contributed by atoms with E-state index in [9.17, 15) is 4.79 Å². The van der Waals surface area contributed by atoms with Crippen molar-refractivity contribution in [2.45, 2.75) is 39.2 Å². The third-order valence-electron chi connectivity index (χ3n) is 4.09. The highest BCUT2D eigenvalue weighted by Crippen LogP contribution is 2.43. The van der Waals surface area contributed by atoms with Crippen LogP contribution in [-0.2, 0) is 16.0 Å². The van der Waals surface area contributed by atoms with Gasteiger partial charge < -0.3 is 10.1 Å². The fourth-order valence-electron chi connectivity index (χ4n) is 2.87.